The van der Waals surface area contributed by atoms with Gasteiger partial charge in [-0.15, -0.1) is 0 Å². The zero-order valence-corrected chi connectivity index (χ0v) is 16.5. The number of aryl methyl sites for hydroxylation is 1. The molecule has 1 aliphatic carbocycles. The van der Waals surface area contributed by atoms with Crippen LogP contribution in [-0.4, -0.2) is 36.1 Å². The molecule has 4 rings (SSSR count). The number of rotatable bonds is 6. The number of H-pyrrole nitrogens is 1. The minimum atomic E-state index is 0.210. The molecule has 2 fully saturated rings. The number of aromatic amines is 1. The van der Waals surface area contributed by atoms with Crippen LogP contribution in [0.4, 0.5) is 0 Å². The number of quaternary nitrogens is 1. The lowest BCUT2D eigenvalue weighted by Gasteiger charge is -2.45. The van der Waals surface area contributed by atoms with E-state index in [2.05, 4.69) is 34.7 Å². The second-order valence-electron chi connectivity index (χ2n) is 8.64. The van der Waals surface area contributed by atoms with Crippen molar-refractivity contribution in [2.75, 3.05) is 19.6 Å². The topological polar surface area (TPSA) is 49.3 Å². The second kappa shape index (κ2) is 8.47. The van der Waals surface area contributed by atoms with Crippen LogP contribution in [0.3, 0.4) is 0 Å². The summed E-state index contributed by atoms with van der Waals surface area (Å²) in [5, 5.41) is 4.57. The van der Waals surface area contributed by atoms with Crippen molar-refractivity contribution in [1.29, 1.82) is 0 Å². The fourth-order valence-corrected chi connectivity index (χ4v) is 5.34. The van der Waals surface area contributed by atoms with Gasteiger partial charge in [-0.05, 0) is 50.2 Å². The van der Waals surface area contributed by atoms with E-state index in [1.807, 2.05) is 6.07 Å². The first-order valence-electron chi connectivity index (χ1n) is 10.9. The highest BCUT2D eigenvalue weighted by Gasteiger charge is 2.42. The minimum absolute atomic E-state index is 0.210. The Labute approximate surface area is 162 Å². The number of fused-ring (bicyclic) bond motifs is 1. The summed E-state index contributed by atoms with van der Waals surface area (Å²) in [6.45, 7) is 3.46. The number of aromatic nitrogens is 1. The molecule has 1 aromatic carbocycles. The Kier molecular flexibility index (Phi) is 5.82. The van der Waals surface area contributed by atoms with E-state index < -0.39 is 0 Å². The third kappa shape index (κ3) is 4.21. The van der Waals surface area contributed by atoms with Gasteiger partial charge in [0.15, 0.2) is 0 Å². The number of amides is 1. The van der Waals surface area contributed by atoms with E-state index >= 15 is 0 Å². The van der Waals surface area contributed by atoms with Gasteiger partial charge in [-0.25, -0.2) is 0 Å². The van der Waals surface area contributed by atoms with Crippen molar-refractivity contribution in [3.05, 3.63) is 36.0 Å². The van der Waals surface area contributed by atoms with Gasteiger partial charge in [0.05, 0.1) is 19.6 Å². The van der Waals surface area contributed by atoms with Gasteiger partial charge in [0.1, 0.15) is 5.54 Å². The van der Waals surface area contributed by atoms with Gasteiger partial charge in [0.25, 0.3) is 0 Å². The van der Waals surface area contributed by atoms with Crippen molar-refractivity contribution in [3.63, 3.8) is 0 Å². The number of hydrogen-bond acceptors (Lipinski definition) is 1. The zero-order chi connectivity index (χ0) is 18.5. The molecule has 0 atom stereocenters. The Morgan fingerprint density at radius 1 is 1.04 bits per heavy atom. The van der Waals surface area contributed by atoms with E-state index in [4.69, 9.17) is 0 Å². The fraction of sp³-hybridized carbons (Fsp3) is 0.609. The van der Waals surface area contributed by atoms with E-state index in [1.165, 1.54) is 75.4 Å². The Morgan fingerprint density at radius 3 is 2.59 bits per heavy atom. The molecule has 1 aromatic heterocycles. The van der Waals surface area contributed by atoms with Crippen LogP contribution < -0.4 is 10.2 Å². The first kappa shape index (κ1) is 18.5. The summed E-state index contributed by atoms with van der Waals surface area (Å²) >= 11 is 0. The molecular weight excluding hydrogens is 334 g/mol. The summed E-state index contributed by atoms with van der Waals surface area (Å²) in [6.07, 6.45) is 14.1. The van der Waals surface area contributed by atoms with Gasteiger partial charge in [-0.1, -0.05) is 24.6 Å². The van der Waals surface area contributed by atoms with Crippen molar-refractivity contribution >= 4 is 16.8 Å². The van der Waals surface area contributed by atoms with Crippen LogP contribution in [0.25, 0.3) is 10.9 Å². The van der Waals surface area contributed by atoms with Crippen molar-refractivity contribution in [1.82, 2.24) is 10.3 Å². The molecule has 0 unspecified atom stereocenters. The van der Waals surface area contributed by atoms with Gasteiger partial charge in [-0.2, -0.15) is 0 Å². The summed E-state index contributed by atoms with van der Waals surface area (Å²) in [5.41, 5.74) is 2.70. The zero-order valence-electron chi connectivity index (χ0n) is 16.5. The molecule has 2 aromatic rings. The van der Waals surface area contributed by atoms with Crippen LogP contribution in [-0.2, 0) is 11.2 Å². The SMILES string of the molecule is O=C(CCc1c[nH]c2ccccc12)NCC1([NH+]2CCCCC2)CCCCC1. The summed E-state index contributed by atoms with van der Waals surface area (Å²) in [6, 6.07) is 8.33. The maximum Gasteiger partial charge on any atom is 0.220 e. The van der Waals surface area contributed by atoms with E-state index in [1.54, 1.807) is 4.90 Å². The van der Waals surface area contributed by atoms with Crippen molar-refractivity contribution in [2.45, 2.75) is 69.7 Å². The Hall–Kier alpha value is -1.81. The smallest absolute Gasteiger partial charge is 0.220 e. The standard InChI is InChI=1S/C23H33N3O/c27-22(12-11-19-17-24-21-10-4-3-9-20(19)21)25-18-23(13-5-1-6-14-23)26-15-7-2-8-16-26/h3-4,9-10,17,24H,1-2,5-8,11-16,18H2,(H,25,27)/p+1. The number of para-hydroxylation sites is 1. The molecule has 4 nitrogen and oxygen atoms in total. The third-order valence-electron chi connectivity index (χ3n) is 6.94. The van der Waals surface area contributed by atoms with Crippen molar-refractivity contribution in [3.8, 4) is 0 Å². The summed E-state index contributed by atoms with van der Waals surface area (Å²) < 4.78 is 0. The van der Waals surface area contributed by atoms with E-state index in [9.17, 15) is 4.79 Å². The number of hydrogen-bond donors (Lipinski definition) is 3. The average molecular weight is 369 g/mol. The molecule has 4 heteroatoms. The number of benzene rings is 1. The quantitative estimate of drug-likeness (QED) is 0.721. The Bertz CT molecular complexity index is 754. The fourth-order valence-electron chi connectivity index (χ4n) is 5.34. The third-order valence-corrected chi connectivity index (χ3v) is 6.94. The molecule has 0 radical (unpaired) electrons. The van der Waals surface area contributed by atoms with Gasteiger partial charge in [0, 0.05) is 36.4 Å². The molecule has 0 bridgehead atoms. The van der Waals surface area contributed by atoms with Gasteiger partial charge >= 0.3 is 0 Å². The summed E-state index contributed by atoms with van der Waals surface area (Å²) in [7, 11) is 0. The molecular formula is C23H34N3O+. The lowest BCUT2D eigenvalue weighted by Crippen LogP contribution is -3.22. The molecule has 2 heterocycles. The molecule has 1 saturated carbocycles. The highest BCUT2D eigenvalue weighted by atomic mass is 16.1. The number of nitrogens with one attached hydrogen (secondary N) is 3. The maximum absolute atomic E-state index is 12.6. The van der Waals surface area contributed by atoms with Crippen LogP contribution in [0.5, 0.6) is 0 Å². The van der Waals surface area contributed by atoms with Gasteiger partial charge in [-0.3, -0.25) is 4.79 Å². The highest BCUT2D eigenvalue weighted by Crippen LogP contribution is 2.26. The predicted octanol–water partition coefficient (Wildman–Crippen LogP) is 2.99. The Morgan fingerprint density at radius 2 is 1.78 bits per heavy atom. The minimum Gasteiger partial charge on any atom is -0.361 e. The van der Waals surface area contributed by atoms with E-state index in [-0.39, 0.29) is 5.91 Å². The molecule has 146 valence electrons. The van der Waals surface area contributed by atoms with Crippen LogP contribution in [0.15, 0.2) is 30.5 Å². The molecule has 2 aliphatic rings. The van der Waals surface area contributed by atoms with Crippen LogP contribution in [0, 0.1) is 0 Å². The van der Waals surface area contributed by atoms with E-state index in [0.29, 0.717) is 12.0 Å². The monoisotopic (exact) mass is 368 g/mol. The number of likely N-dealkylation sites (tertiary alicyclic amines) is 1. The first-order chi connectivity index (χ1) is 13.3. The summed E-state index contributed by atoms with van der Waals surface area (Å²) in [5.74, 6) is 0.210. The molecule has 3 N–H and O–H groups in total. The highest BCUT2D eigenvalue weighted by molar-refractivity contribution is 5.84. The number of piperidine rings is 1. The molecule has 0 spiro atoms. The number of carbonyl (C=O) groups is 1. The normalized spacial score (nSPS) is 20.6. The molecule has 27 heavy (non-hydrogen) atoms. The summed E-state index contributed by atoms with van der Waals surface area (Å²) in [4.78, 5) is 17.7. The molecule has 1 amide bonds. The largest absolute Gasteiger partial charge is 0.361 e. The van der Waals surface area contributed by atoms with Crippen molar-refractivity contribution in [2.24, 2.45) is 0 Å². The van der Waals surface area contributed by atoms with Gasteiger partial charge in [0.2, 0.25) is 5.91 Å². The molecule has 1 saturated heterocycles. The number of carbonyl (C=O) groups excluding carboxylic acids is 1. The van der Waals surface area contributed by atoms with E-state index in [0.717, 1.165) is 18.5 Å². The molecule has 1 aliphatic heterocycles. The van der Waals surface area contributed by atoms with Crippen LogP contribution in [0.1, 0.15) is 63.4 Å². The lowest BCUT2D eigenvalue weighted by molar-refractivity contribution is -0.957. The van der Waals surface area contributed by atoms with Crippen LogP contribution >= 0.6 is 0 Å². The first-order valence-corrected chi connectivity index (χ1v) is 10.9. The second-order valence-corrected chi connectivity index (χ2v) is 8.64. The lowest BCUT2D eigenvalue weighted by atomic mass is 9.79. The predicted molar refractivity (Wildman–Crippen MR) is 110 cm³/mol. The maximum atomic E-state index is 12.6. The average Bonchev–Trinajstić information content (AvgIpc) is 3.15. The van der Waals surface area contributed by atoms with Gasteiger partial charge < -0.3 is 15.2 Å². The van der Waals surface area contributed by atoms with Crippen molar-refractivity contribution < 1.29 is 9.69 Å². The van der Waals surface area contributed by atoms with Crippen LogP contribution in [0.2, 0.25) is 0 Å². The Balaban J connectivity index is 1.34.